The van der Waals surface area contributed by atoms with Gasteiger partial charge in [0.05, 0.1) is 18.8 Å². The molecule has 0 spiro atoms. The van der Waals surface area contributed by atoms with Gasteiger partial charge in [-0.3, -0.25) is 4.79 Å². The lowest BCUT2D eigenvalue weighted by Gasteiger charge is -2.22. The van der Waals surface area contributed by atoms with Gasteiger partial charge in [0.2, 0.25) is 5.91 Å². The van der Waals surface area contributed by atoms with Crippen LogP contribution in [0.25, 0.3) is 0 Å². The van der Waals surface area contributed by atoms with E-state index < -0.39 is 12.1 Å². The second-order valence-electron chi connectivity index (χ2n) is 19.3. The fourth-order valence-corrected chi connectivity index (χ4v) is 8.74. The van der Waals surface area contributed by atoms with Gasteiger partial charge >= 0.3 is 0 Å². The van der Waals surface area contributed by atoms with Crippen LogP contribution < -0.4 is 5.32 Å². The summed E-state index contributed by atoms with van der Waals surface area (Å²) in [6.07, 6.45) is 77.8. The second-order valence-corrected chi connectivity index (χ2v) is 19.3. The van der Waals surface area contributed by atoms with Gasteiger partial charge in [0.25, 0.3) is 0 Å². The summed E-state index contributed by atoms with van der Waals surface area (Å²) in [5.41, 5.74) is 0. The number of hydrogen-bond acceptors (Lipinski definition) is 3. The van der Waals surface area contributed by atoms with Crippen molar-refractivity contribution in [3.8, 4) is 0 Å². The Labute approximate surface area is 400 Å². The van der Waals surface area contributed by atoms with Crippen LogP contribution in [-0.4, -0.2) is 34.9 Å². The van der Waals surface area contributed by atoms with Crippen LogP contribution in [0.1, 0.15) is 296 Å². The van der Waals surface area contributed by atoms with Crippen molar-refractivity contribution in [3.63, 3.8) is 0 Å². The first-order valence-electron chi connectivity index (χ1n) is 28.5. The van der Waals surface area contributed by atoms with E-state index in [1.807, 2.05) is 0 Å². The second kappa shape index (κ2) is 55.4. The monoisotopic (exact) mass is 894 g/mol. The van der Waals surface area contributed by atoms with Crippen molar-refractivity contribution in [2.45, 2.75) is 309 Å². The maximum atomic E-state index is 12.5. The van der Waals surface area contributed by atoms with E-state index in [9.17, 15) is 15.0 Å². The van der Waals surface area contributed by atoms with Crippen molar-refractivity contribution in [1.82, 2.24) is 5.32 Å². The summed E-state index contributed by atoms with van der Waals surface area (Å²) < 4.78 is 0. The molecule has 0 aromatic rings. The number of carbonyl (C=O) groups is 1. The van der Waals surface area contributed by atoms with Crippen molar-refractivity contribution in [2.75, 3.05) is 6.61 Å². The summed E-state index contributed by atoms with van der Waals surface area (Å²) >= 11 is 0. The fraction of sp³-hybridized carbons (Fsp3) is 0.817. The quantitative estimate of drug-likeness (QED) is 0.0421. The lowest BCUT2D eigenvalue weighted by Crippen LogP contribution is -2.45. The summed E-state index contributed by atoms with van der Waals surface area (Å²) in [4.78, 5) is 12.5. The van der Waals surface area contributed by atoms with Crippen molar-refractivity contribution in [1.29, 1.82) is 0 Å². The normalized spacial score (nSPS) is 13.2. The first kappa shape index (κ1) is 62.1. The van der Waals surface area contributed by atoms with E-state index in [-0.39, 0.29) is 12.5 Å². The molecular formula is C60H111NO3. The van der Waals surface area contributed by atoms with E-state index in [0.717, 1.165) is 57.8 Å². The molecule has 0 fully saturated rings. The van der Waals surface area contributed by atoms with Gasteiger partial charge in [0.1, 0.15) is 0 Å². The lowest BCUT2D eigenvalue weighted by molar-refractivity contribution is -0.123. The molecule has 2 atom stereocenters. The van der Waals surface area contributed by atoms with Gasteiger partial charge in [-0.25, -0.2) is 0 Å². The molecule has 0 bridgehead atoms. The van der Waals surface area contributed by atoms with Crippen LogP contribution in [0.15, 0.2) is 60.8 Å². The number of aliphatic hydroxyl groups excluding tert-OH is 2. The minimum atomic E-state index is -0.664. The molecule has 1 amide bonds. The minimum absolute atomic E-state index is 0.0331. The van der Waals surface area contributed by atoms with E-state index in [1.54, 1.807) is 0 Å². The molecule has 3 N–H and O–H groups in total. The van der Waals surface area contributed by atoms with Gasteiger partial charge in [-0.1, -0.05) is 293 Å². The number of aliphatic hydroxyl groups is 2. The number of carbonyl (C=O) groups excluding carboxylic acids is 1. The molecule has 374 valence electrons. The van der Waals surface area contributed by atoms with Gasteiger partial charge in [-0.15, -0.1) is 0 Å². The molecule has 0 rings (SSSR count). The lowest BCUT2D eigenvalue weighted by atomic mass is 10.0. The van der Waals surface area contributed by atoms with Crippen molar-refractivity contribution in [2.24, 2.45) is 0 Å². The minimum Gasteiger partial charge on any atom is -0.394 e. The molecule has 4 heteroatoms. The van der Waals surface area contributed by atoms with Crippen LogP contribution in [0.2, 0.25) is 0 Å². The number of allylic oxidation sites excluding steroid dienone is 10. The largest absolute Gasteiger partial charge is 0.394 e. The Bertz CT molecular complexity index is 1060. The van der Waals surface area contributed by atoms with Crippen LogP contribution >= 0.6 is 0 Å². The highest BCUT2D eigenvalue weighted by Crippen LogP contribution is 2.17. The van der Waals surface area contributed by atoms with Crippen molar-refractivity contribution >= 4 is 5.91 Å². The van der Waals surface area contributed by atoms with E-state index in [2.05, 4.69) is 79.9 Å². The third kappa shape index (κ3) is 51.1. The Morgan fingerprint density at radius 1 is 0.391 bits per heavy atom. The van der Waals surface area contributed by atoms with Crippen molar-refractivity contribution in [3.05, 3.63) is 60.8 Å². The zero-order valence-electron chi connectivity index (χ0n) is 43.1. The van der Waals surface area contributed by atoms with Crippen LogP contribution in [0.4, 0.5) is 0 Å². The van der Waals surface area contributed by atoms with Crippen LogP contribution in [-0.2, 0) is 4.79 Å². The SMILES string of the molecule is CC/C=C\C/C=C\C/C=C\C/C=C\C/C=C\CCCCCCCCCCCCCC(=O)NC(CO)C(O)CCCCCCCCCCCCCCCCCCCCCCCCCCC. The molecular weight excluding hydrogens is 783 g/mol. The van der Waals surface area contributed by atoms with Gasteiger partial charge in [-0.05, 0) is 57.8 Å². The highest BCUT2D eigenvalue weighted by atomic mass is 16.3. The predicted octanol–water partition coefficient (Wildman–Crippen LogP) is 18.8. The Kier molecular flexibility index (Phi) is 53.8. The van der Waals surface area contributed by atoms with Crippen molar-refractivity contribution < 1.29 is 15.0 Å². The number of hydrogen-bond donors (Lipinski definition) is 3. The molecule has 4 nitrogen and oxygen atoms in total. The Balaban J connectivity index is 3.48. The van der Waals surface area contributed by atoms with Gasteiger partial charge in [0.15, 0.2) is 0 Å². The van der Waals surface area contributed by atoms with E-state index in [1.165, 1.54) is 212 Å². The maximum Gasteiger partial charge on any atom is 0.220 e. The van der Waals surface area contributed by atoms with Crippen LogP contribution in [0, 0.1) is 0 Å². The third-order valence-electron chi connectivity index (χ3n) is 13.0. The molecule has 2 unspecified atom stereocenters. The zero-order valence-corrected chi connectivity index (χ0v) is 43.1. The van der Waals surface area contributed by atoms with E-state index >= 15 is 0 Å². The Hall–Kier alpha value is -1.91. The smallest absolute Gasteiger partial charge is 0.220 e. The summed E-state index contributed by atoms with van der Waals surface area (Å²) in [7, 11) is 0. The fourth-order valence-electron chi connectivity index (χ4n) is 8.74. The summed E-state index contributed by atoms with van der Waals surface area (Å²) in [5, 5.41) is 23.4. The third-order valence-corrected chi connectivity index (χ3v) is 13.0. The van der Waals surface area contributed by atoms with Gasteiger partial charge in [0, 0.05) is 6.42 Å². The average molecular weight is 895 g/mol. The number of nitrogens with one attached hydrogen (secondary N) is 1. The highest BCUT2D eigenvalue weighted by Gasteiger charge is 2.20. The Morgan fingerprint density at radius 2 is 0.688 bits per heavy atom. The van der Waals surface area contributed by atoms with Gasteiger partial charge < -0.3 is 15.5 Å². The standard InChI is InChI=1S/C60H111NO3/c1-3-5-7-9-11-13-15-17-19-21-23-25-27-29-30-32-34-36-38-40-42-44-46-48-50-52-54-56-60(64)61-58(57-62)59(63)55-53-51-49-47-45-43-41-39-37-35-33-31-28-26-24-22-20-18-16-14-12-10-8-6-4-2/h5,7,11,13,17,19,23,25,29-30,58-59,62-63H,3-4,6,8-10,12,14-16,18,20-22,24,26-28,31-57H2,1-2H3,(H,61,64)/b7-5-,13-11-,19-17-,25-23-,30-29-. The first-order valence-corrected chi connectivity index (χ1v) is 28.5. The molecule has 0 saturated carbocycles. The summed E-state index contributed by atoms with van der Waals surface area (Å²) in [6, 6.07) is -0.542. The van der Waals surface area contributed by atoms with Gasteiger partial charge in [-0.2, -0.15) is 0 Å². The number of rotatable bonds is 52. The van der Waals surface area contributed by atoms with E-state index in [4.69, 9.17) is 0 Å². The molecule has 0 radical (unpaired) electrons. The predicted molar refractivity (Wildman–Crippen MR) is 285 cm³/mol. The zero-order chi connectivity index (χ0) is 46.3. The number of amides is 1. The topological polar surface area (TPSA) is 69.6 Å². The molecule has 0 aromatic heterocycles. The molecule has 0 saturated heterocycles. The summed E-state index contributed by atoms with van der Waals surface area (Å²) in [6.45, 7) is 4.27. The molecule has 0 aliphatic rings. The maximum absolute atomic E-state index is 12.5. The number of unbranched alkanes of at least 4 members (excludes halogenated alkanes) is 35. The molecule has 0 heterocycles. The molecule has 0 aromatic carbocycles. The van der Waals surface area contributed by atoms with E-state index in [0.29, 0.717) is 12.8 Å². The van der Waals surface area contributed by atoms with Crippen LogP contribution in [0.3, 0.4) is 0 Å². The highest BCUT2D eigenvalue weighted by molar-refractivity contribution is 5.76. The van der Waals surface area contributed by atoms with Crippen LogP contribution in [0.5, 0.6) is 0 Å². The Morgan fingerprint density at radius 3 is 1.03 bits per heavy atom. The average Bonchev–Trinajstić information content (AvgIpc) is 3.30. The molecule has 0 aliphatic carbocycles. The first-order chi connectivity index (χ1) is 31.7. The summed E-state index contributed by atoms with van der Waals surface area (Å²) in [5.74, 6) is -0.0331. The molecule has 0 aliphatic heterocycles. The molecule has 64 heavy (non-hydrogen) atoms.